The molecule has 2 rings (SSSR count). The molecule has 0 radical (unpaired) electrons. The van der Waals surface area contributed by atoms with E-state index >= 15 is 0 Å². The molecule has 3 heteroatoms. The third-order valence-electron chi connectivity index (χ3n) is 4.21. The molecule has 1 aromatic heterocycles. The zero-order valence-corrected chi connectivity index (χ0v) is 12.2. The molecule has 104 valence electrons. The van der Waals surface area contributed by atoms with Crippen LogP contribution in [0.1, 0.15) is 49.9 Å². The Morgan fingerprint density at radius 1 is 1.42 bits per heavy atom. The summed E-state index contributed by atoms with van der Waals surface area (Å²) >= 11 is 0. The highest BCUT2D eigenvalue weighted by molar-refractivity contribution is 5.97. The molecule has 1 aliphatic carbocycles. The summed E-state index contributed by atoms with van der Waals surface area (Å²) in [6.07, 6.45) is 6.27. The predicted octanol–water partition coefficient (Wildman–Crippen LogP) is 3.55. The van der Waals surface area contributed by atoms with Crippen molar-refractivity contribution in [3.05, 3.63) is 23.9 Å². The van der Waals surface area contributed by atoms with Gasteiger partial charge in [0.25, 0.3) is 0 Å². The number of carbonyl (C=O) groups is 1. The van der Waals surface area contributed by atoms with Gasteiger partial charge in [-0.3, -0.25) is 4.79 Å². The first-order valence-corrected chi connectivity index (χ1v) is 7.33. The van der Waals surface area contributed by atoms with Gasteiger partial charge >= 0.3 is 0 Å². The first-order chi connectivity index (χ1) is 9.11. The molecule has 2 unspecified atom stereocenters. The maximum Gasteiger partial charge on any atom is 0.167 e. The maximum absolute atomic E-state index is 12.4. The number of hydrogen-bond acceptors (Lipinski definition) is 3. The summed E-state index contributed by atoms with van der Waals surface area (Å²) < 4.78 is 0. The number of pyridine rings is 1. The lowest BCUT2D eigenvalue weighted by molar-refractivity contribution is 0.0868. The SMILES string of the molecule is CCN(C)c1ccc(C(=O)C2CCCC(C)C2)cn1. The summed E-state index contributed by atoms with van der Waals surface area (Å²) in [4.78, 5) is 18.9. The summed E-state index contributed by atoms with van der Waals surface area (Å²) in [5, 5.41) is 0. The summed E-state index contributed by atoms with van der Waals surface area (Å²) in [6, 6.07) is 3.87. The molecule has 0 aliphatic heterocycles. The summed E-state index contributed by atoms with van der Waals surface area (Å²) in [5.74, 6) is 2.10. The normalized spacial score (nSPS) is 23.1. The van der Waals surface area contributed by atoms with Crippen LogP contribution < -0.4 is 4.90 Å². The second-order valence-corrected chi connectivity index (χ2v) is 5.75. The monoisotopic (exact) mass is 260 g/mol. The van der Waals surface area contributed by atoms with E-state index in [4.69, 9.17) is 0 Å². The van der Waals surface area contributed by atoms with Gasteiger partial charge in [0.15, 0.2) is 5.78 Å². The Morgan fingerprint density at radius 2 is 2.21 bits per heavy atom. The van der Waals surface area contributed by atoms with Crippen LogP contribution in [0.25, 0.3) is 0 Å². The summed E-state index contributed by atoms with van der Waals surface area (Å²) in [6.45, 7) is 5.25. The third kappa shape index (κ3) is 3.34. The Bertz CT molecular complexity index is 427. The number of anilines is 1. The largest absolute Gasteiger partial charge is 0.360 e. The molecule has 0 aromatic carbocycles. The van der Waals surface area contributed by atoms with Crippen molar-refractivity contribution in [2.75, 3.05) is 18.5 Å². The number of carbonyl (C=O) groups excluding carboxylic acids is 1. The highest BCUT2D eigenvalue weighted by atomic mass is 16.1. The fourth-order valence-corrected chi connectivity index (χ4v) is 2.83. The minimum Gasteiger partial charge on any atom is -0.360 e. The molecule has 1 aliphatic rings. The van der Waals surface area contributed by atoms with Gasteiger partial charge in [-0.15, -0.1) is 0 Å². The van der Waals surface area contributed by atoms with Crippen molar-refractivity contribution >= 4 is 11.6 Å². The zero-order chi connectivity index (χ0) is 13.8. The van der Waals surface area contributed by atoms with Crippen LogP contribution in [0.2, 0.25) is 0 Å². The average Bonchev–Trinajstić information content (AvgIpc) is 2.46. The fraction of sp³-hybridized carbons (Fsp3) is 0.625. The van der Waals surface area contributed by atoms with Crippen LogP contribution in [0, 0.1) is 11.8 Å². The molecular formula is C16H24N2O. The van der Waals surface area contributed by atoms with E-state index in [1.54, 1.807) is 6.20 Å². The van der Waals surface area contributed by atoms with E-state index in [0.717, 1.165) is 30.8 Å². The Labute approximate surface area is 116 Å². The van der Waals surface area contributed by atoms with Gasteiger partial charge in [0.1, 0.15) is 5.82 Å². The number of nitrogens with zero attached hydrogens (tertiary/aromatic N) is 2. The smallest absolute Gasteiger partial charge is 0.167 e. The van der Waals surface area contributed by atoms with Crippen molar-refractivity contribution in [1.82, 2.24) is 4.98 Å². The van der Waals surface area contributed by atoms with Crippen LogP contribution in [0.3, 0.4) is 0 Å². The highest BCUT2D eigenvalue weighted by Gasteiger charge is 2.25. The Hall–Kier alpha value is -1.38. The van der Waals surface area contributed by atoms with Gasteiger partial charge in [0.2, 0.25) is 0 Å². The van der Waals surface area contributed by atoms with Crippen molar-refractivity contribution < 1.29 is 4.79 Å². The number of ketones is 1. The molecule has 0 spiro atoms. The minimum atomic E-state index is 0.209. The van der Waals surface area contributed by atoms with Crippen LogP contribution >= 0.6 is 0 Å². The second kappa shape index (κ2) is 6.18. The van der Waals surface area contributed by atoms with Crippen molar-refractivity contribution in [2.45, 2.75) is 39.5 Å². The molecule has 3 nitrogen and oxygen atoms in total. The quantitative estimate of drug-likeness (QED) is 0.776. The molecule has 1 aromatic rings. The predicted molar refractivity (Wildman–Crippen MR) is 78.6 cm³/mol. The first-order valence-electron chi connectivity index (χ1n) is 7.33. The molecule has 2 atom stereocenters. The van der Waals surface area contributed by atoms with E-state index in [0.29, 0.717) is 5.92 Å². The van der Waals surface area contributed by atoms with E-state index in [9.17, 15) is 4.79 Å². The molecule has 19 heavy (non-hydrogen) atoms. The van der Waals surface area contributed by atoms with Gasteiger partial charge in [0.05, 0.1) is 0 Å². The lowest BCUT2D eigenvalue weighted by atomic mass is 9.79. The van der Waals surface area contributed by atoms with Gasteiger partial charge in [-0.25, -0.2) is 4.98 Å². The molecule has 0 saturated heterocycles. The van der Waals surface area contributed by atoms with Gasteiger partial charge in [-0.2, -0.15) is 0 Å². The molecule has 0 amide bonds. The Morgan fingerprint density at radius 3 is 2.79 bits per heavy atom. The average molecular weight is 260 g/mol. The summed E-state index contributed by atoms with van der Waals surface area (Å²) in [7, 11) is 2.01. The molecular weight excluding hydrogens is 236 g/mol. The van der Waals surface area contributed by atoms with E-state index in [2.05, 4.69) is 23.7 Å². The minimum absolute atomic E-state index is 0.209. The molecule has 1 fully saturated rings. The van der Waals surface area contributed by atoms with Gasteiger partial charge in [-0.05, 0) is 37.8 Å². The van der Waals surface area contributed by atoms with Crippen molar-refractivity contribution in [2.24, 2.45) is 11.8 Å². The molecule has 0 N–H and O–H groups in total. The lowest BCUT2D eigenvalue weighted by Crippen LogP contribution is -2.22. The zero-order valence-electron chi connectivity index (χ0n) is 12.2. The van der Waals surface area contributed by atoms with Crippen LogP contribution in [0.15, 0.2) is 18.3 Å². The lowest BCUT2D eigenvalue weighted by Gasteiger charge is -2.25. The maximum atomic E-state index is 12.4. The highest BCUT2D eigenvalue weighted by Crippen LogP contribution is 2.31. The van der Waals surface area contributed by atoms with Crippen molar-refractivity contribution in [3.63, 3.8) is 0 Å². The van der Waals surface area contributed by atoms with E-state index in [1.807, 2.05) is 19.2 Å². The van der Waals surface area contributed by atoms with E-state index in [1.165, 1.54) is 12.8 Å². The fourth-order valence-electron chi connectivity index (χ4n) is 2.83. The third-order valence-corrected chi connectivity index (χ3v) is 4.21. The van der Waals surface area contributed by atoms with E-state index in [-0.39, 0.29) is 11.7 Å². The topological polar surface area (TPSA) is 33.2 Å². The number of hydrogen-bond donors (Lipinski definition) is 0. The van der Waals surface area contributed by atoms with Crippen LogP contribution in [0.5, 0.6) is 0 Å². The number of Topliss-reactive ketones (excluding diaryl/α,β-unsaturated/α-hetero) is 1. The van der Waals surface area contributed by atoms with E-state index < -0.39 is 0 Å². The van der Waals surface area contributed by atoms with Gasteiger partial charge in [0, 0.05) is 31.3 Å². The van der Waals surface area contributed by atoms with Crippen molar-refractivity contribution in [3.8, 4) is 0 Å². The number of aromatic nitrogens is 1. The molecule has 1 heterocycles. The standard InChI is InChI=1S/C16H24N2O/c1-4-18(3)15-9-8-14(11-17-15)16(19)13-7-5-6-12(2)10-13/h8-9,11-13H,4-7,10H2,1-3H3. The van der Waals surface area contributed by atoms with Gasteiger partial charge in [-0.1, -0.05) is 19.8 Å². The van der Waals surface area contributed by atoms with Crippen LogP contribution in [0.4, 0.5) is 5.82 Å². The van der Waals surface area contributed by atoms with Gasteiger partial charge < -0.3 is 4.90 Å². The van der Waals surface area contributed by atoms with Crippen LogP contribution in [-0.2, 0) is 0 Å². The molecule has 0 bridgehead atoms. The Kier molecular flexibility index (Phi) is 4.56. The summed E-state index contributed by atoms with van der Waals surface area (Å²) in [5.41, 5.74) is 0.771. The van der Waals surface area contributed by atoms with Crippen molar-refractivity contribution in [1.29, 1.82) is 0 Å². The second-order valence-electron chi connectivity index (χ2n) is 5.75. The molecule has 1 saturated carbocycles. The number of rotatable bonds is 4. The first kappa shape index (κ1) is 14.0. The van der Waals surface area contributed by atoms with Crippen LogP contribution in [-0.4, -0.2) is 24.4 Å². The Balaban J connectivity index is 2.07.